The number of pyridine rings is 1. The van der Waals surface area contributed by atoms with Crippen molar-refractivity contribution in [2.45, 2.75) is 97.2 Å². The summed E-state index contributed by atoms with van der Waals surface area (Å²) >= 11 is 0. The molecule has 0 spiro atoms. The highest BCUT2D eigenvalue weighted by molar-refractivity contribution is 5.88. The number of carbonyl (C=O) groups is 4. The molecule has 59 heavy (non-hydrogen) atoms. The van der Waals surface area contributed by atoms with Gasteiger partial charge < -0.3 is 29.5 Å². The van der Waals surface area contributed by atoms with E-state index in [4.69, 9.17) is 9.47 Å². The lowest BCUT2D eigenvalue weighted by Crippen LogP contribution is -2.59. The number of amides is 3. The fraction of sp³-hybridized carbons (Fsp3) is 0.545. The summed E-state index contributed by atoms with van der Waals surface area (Å²) in [6.45, 7) is 11.1. The zero-order valence-electron chi connectivity index (χ0n) is 34.9. The summed E-state index contributed by atoms with van der Waals surface area (Å²) in [6, 6.07) is 12.9. The second kappa shape index (κ2) is 18.8. The molecule has 2 aromatic carbocycles. The normalized spacial score (nSPS) is 18.0. The monoisotopic (exact) mass is 810 g/mol. The van der Waals surface area contributed by atoms with Crippen molar-refractivity contribution in [3.63, 3.8) is 0 Å². The number of hydrogen-bond donors (Lipinski definition) is 1. The van der Waals surface area contributed by atoms with E-state index in [0.29, 0.717) is 62.6 Å². The number of likely N-dealkylation sites (tertiary alicyclic amines) is 2. The van der Waals surface area contributed by atoms with Crippen molar-refractivity contribution >= 4 is 45.7 Å². The molecule has 3 aliphatic heterocycles. The van der Waals surface area contributed by atoms with Crippen LogP contribution in [0.4, 0.5) is 4.79 Å². The summed E-state index contributed by atoms with van der Waals surface area (Å²) in [5.41, 5.74) is 3.79. The van der Waals surface area contributed by atoms with Gasteiger partial charge in [0.05, 0.1) is 17.2 Å². The number of nitrogens with zero attached hydrogens (tertiary/aromatic N) is 7. The summed E-state index contributed by atoms with van der Waals surface area (Å²) in [5, 5.41) is 9.34. The largest absolute Gasteiger partial charge is 0.444 e. The van der Waals surface area contributed by atoms with Crippen LogP contribution >= 0.6 is 0 Å². The number of piperazine rings is 1. The number of hydrogen-bond acceptors (Lipinski definition) is 10. The number of urea groups is 1. The summed E-state index contributed by atoms with van der Waals surface area (Å²) < 4.78 is 13.9. The van der Waals surface area contributed by atoms with Crippen molar-refractivity contribution in [3.8, 4) is 0 Å². The summed E-state index contributed by atoms with van der Waals surface area (Å²) in [6.07, 6.45) is 5.92. The molecular formula is C44H58N8O7. The van der Waals surface area contributed by atoms with E-state index < -0.39 is 6.04 Å². The fourth-order valence-electron chi connectivity index (χ4n) is 8.94. The minimum absolute atomic E-state index is 0.0130. The smallest absolute Gasteiger partial charge is 0.318 e. The first-order chi connectivity index (χ1) is 28.5. The van der Waals surface area contributed by atoms with E-state index in [2.05, 4.69) is 27.3 Å². The van der Waals surface area contributed by atoms with Gasteiger partial charge in [0.15, 0.2) is 13.5 Å². The molecule has 1 atom stereocenters. The van der Waals surface area contributed by atoms with Crippen LogP contribution in [0, 0.1) is 6.92 Å². The number of carbonyl (C=O) groups excluding carboxylic acids is 4. The lowest BCUT2D eigenvalue weighted by molar-refractivity contribution is -0.148. The fourth-order valence-corrected chi connectivity index (χ4v) is 8.94. The minimum atomic E-state index is -0.800. The molecule has 15 heteroatoms. The van der Waals surface area contributed by atoms with E-state index >= 15 is 0 Å². The Morgan fingerprint density at radius 1 is 0.814 bits per heavy atom. The van der Waals surface area contributed by atoms with E-state index in [-0.39, 0.29) is 61.7 Å². The second-order valence-electron chi connectivity index (χ2n) is 16.2. The van der Waals surface area contributed by atoms with Crippen molar-refractivity contribution in [3.05, 3.63) is 75.7 Å². The van der Waals surface area contributed by atoms with Gasteiger partial charge in [-0.2, -0.15) is 5.10 Å². The molecule has 5 heterocycles. The molecule has 1 N–H and O–H groups in total. The second-order valence-corrected chi connectivity index (χ2v) is 16.2. The van der Waals surface area contributed by atoms with Gasteiger partial charge in [0.1, 0.15) is 6.04 Å². The average molecular weight is 811 g/mol. The summed E-state index contributed by atoms with van der Waals surface area (Å²) in [5.74, 6) is -0.878. The first kappa shape index (κ1) is 41.9. The van der Waals surface area contributed by atoms with Crippen molar-refractivity contribution in [2.75, 3.05) is 59.4 Å². The Hall–Kier alpha value is -5.28. The molecule has 7 rings (SSSR count). The van der Waals surface area contributed by atoms with E-state index in [1.54, 1.807) is 29.6 Å². The topological polar surface area (TPSA) is 152 Å². The molecule has 0 saturated carbocycles. The number of rotatable bonds is 12. The van der Waals surface area contributed by atoms with Crippen LogP contribution in [-0.4, -0.2) is 129 Å². The summed E-state index contributed by atoms with van der Waals surface area (Å²) in [4.78, 5) is 74.7. The number of aryl methyl sites for hydroxylation is 1. The maximum atomic E-state index is 14.4. The highest BCUT2D eigenvalue weighted by Gasteiger charge is 2.34. The van der Waals surface area contributed by atoms with Crippen molar-refractivity contribution in [1.29, 1.82) is 0 Å². The Balaban J connectivity index is 1.06. The maximum absolute atomic E-state index is 14.4. The first-order valence-corrected chi connectivity index (χ1v) is 21.2. The van der Waals surface area contributed by atoms with Gasteiger partial charge in [-0.05, 0) is 93.4 Å². The Kier molecular flexibility index (Phi) is 13.3. The molecule has 0 radical (unpaired) electrons. The molecule has 1 unspecified atom stereocenters. The van der Waals surface area contributed by atoms with Crippen LogP contribution in [0.5, 0.6) is 0 Å². The Labute approximate surface area is 345 Å². The number of nitrogens with one attached hydrogen (secondary N) is 1. The zero-order chi connectivity index (χ0) is 41.6. The first-order valence-electron chi connectivity index (χ1n) is 21.2. The molecular weight excluding hydrogens is 753 g/mol. The van der Waals surface area contributed by atoms with Crippen molar-refractivity contribution in [2.24, 2.45) is 0 Å². The Bertz CT molecular complexity index is 2210. The molecule has 0 aliphatic carbocycles. The van der Waals surface area contributed by atoms with Crippen LogP contribution in [0.15, 0.2) is 53.5 Å². The van der Waals surface area contributed by atoms with E-state index in [1.807, 2.05) is 54.3 Å². The van der Waals surface area contributed by atoms with Crippen LogP contribution in [-0.2, 0) is 43.7 Å². The predicted octanol–water partition coefficient (Wildman–Crippen LogP) is 4.22. The molecule has 2 aromatic heterocycles. The Morgan fingerprint density at radius 3 is 2.19 bits per heavy atom. The third-order valence-corrected chi connectivity index (χ3v) is 12.4. The highest BCUT2D eigenvalue weighted by Crippen LogP contribution is 2.29. The quantitative estimate of drug-likeness (QED) is 0.206. The van der Waals surface area contributed by atoms with Gasteiger partial charge in [0.25, 0.3) is 5.56 Å². The average Bonchev–Trinajstić information content (AvgIpc) is 3.68. The highest BCUT2D eigenvalue weighted by atomic mass is 16.5. The van der Waals surface area contributed by atoms with Gasteiger partial charge in [-0.25, -0.2) is 9.48 Å². The molecule has 3 amide bonds. The minimum Gasteiger partial charge on any atom is -0.444 e. The van der Waals surface area contributed by atoms with Gasteiger partial charge in [-0.3, -0.25) is 28.6 Å². The lowest BCUT2D eigenvalue weighted by Gasteiger charge is -2.43. The molecule has 3 fully saturated rings. The number of para-hydroxylation sites is 1. The third-order valence-electron chi connectivity index (χ3n) is 12.4. The number of esters is 2. The molecule has 4 aromatic rings. The number of benzene rings is 2. The van der Waals surface area contributed by atoms with Crippen LogP contribution in [0.1, 0.15) is 75.0 Å². The lowest BCUT2D eigenvalue weighted by atomic mass is 9.89. The van der Waals surface area contributed by atoms with E-state index in [1.165, 1.54) is 4.57 Å². The number of fused-ring (bicyclic) bond motifs is 2. The molecule has 3 saturated heterocycles. The molecule has 0 bridgehead atoms. The molecule has 3 aliphatic rings. The van der Waals surface area contributed by atoms with Gasteiger partial charge in [0.2, 0.25) is 5.91 Å². The number of aromatic nitrogens is 3. The predicted molar refractivity (Wildman–Crippen MR) is 224 cm³/mol. The van der Waals surface area contributed by atoms with Gasteiger partial charge in [-0.15, -0.1) is 0 Å². The third kappa shape index (κ3) is 9.62. The molecule has 316 valence electrons. The van der Waals surface area contributed by atoms with Gasteiger partial charge >= 0.3 is 18.0 Å². The van der Waals surface area contributed by atoms with Crippen LogP contribution in [0.3, 0.4) is 0 Å². The number of piperidine rings is 2. The number of ether oxygens (including phenoxy) is 2. The van der Waals surface area contributed by atoms with Crippen molar-refractivity contribution in [1.82, 2.24) is 39.3 Å². The van der Waals surface area contributed by atoms with Crippen LogP contribution < -0.4 is 10.9 Å². The van der Waals surface area contributed by atoms with E-state index in [0.717, 1.165) is 66.4 Å². The van der Waals surface area contributed by atoms with Crippen LogP contribution in [0.2, 0.25) is 0 Å². The van der Waals surface area contributed by atoms with E-state index in [9.17, 15) is 24.0 Å². The summed E-state index contributed by atoms with van der Waals surface area (Å²) in [7, 11) is 2.16. The molecule has 15 nitrogen and oxygen atoms in total. The Morgan fingerprint density at radius 2 is 1.49 bits per heavy atom. The SMILES string of the molecule is CCC(=O)OCn1ncc2cc(CC(NC(=O)N3CCC(c4cc5ccccc5n(COC(=O)CC)c4=O)CC3)C(=O)N3CCN(C4CCN(C)CC4)CC3)cc(C)c21. The van der Waals surface area contributed by atoms with Crippen LogP contribution in [0.25, 0.3) is 21.8 Å². The standard InChI is InChI=1S/C44H58N8O7/c1-5-39(53)58-28-51-38-10-8-7-9-33(38)26-36(42(51)55)32-11-17-50(18-12-32)44(57)46-37(43(56)49-21-19-48(20-22-49)35-13-15-47(4)16-14-35)25-31-23-30(3)41-34(24-31)27-45-52(41)29-59-40(54)6-2/h7-10,23-24,26-27,32,35,37H,5-6,11-22,25,28-29H2,1-4H3,(H,46,57). The van der Waals surface area contributed by atoms with Gasteiger partial charge in [-0.1, -0.05) is 38.1 Å². The van der Waals surface area contributed by atoms with Gasteiger partial charge in [0, 0.05) is 75.5 Å². The zero-order valence-corrected chi connectivity index (χ0v) is 34.9. The maximum Gasteiger partial charge on any atom is 0.318 e. The van der Waals surface area contributed by atoms with Crippen molar-refractivity contribution < 1.29 is 28.7 Å².